The second kappa shape index (κ2) is 14.8. The smallest absolute Gasteiger partial charge is 0.408 e. The number of likely N-dealkylation sites (N-methyl/N-ethyl adjacent to an activating group) is 1. The fraction of sp³-hybridized carbons (Fsp3) is 0.577. The molecule has 0 fully saturated rings. The zero-order valence-corrected chi connectivity index (χ0v) is 23.0. The lowest BCUT2D eigenvalue weighted by Crippen LogP contribution is -2.53. The van der Waals surface area contributed by atoms with Crippen LogP contribution in [0.4, 0.5) is 4.79 Å². The summed E-state index contributed by atoms with van der Waals surface area (Å²) in [4.78, 5) is 64.0. The van der Waals surface area contributed by atoms with Crippen molar-refractivity contribution >= 4 is 29.8 Å². The van der Waals surface area contributed by atoms with Crippen molar-refractivity contribution in [1.29, 1.82) is 0 Å². The van der Waals surface area contributed by atoms with Crippen LogP contribution in [0.3, 0.4) is 0 Å². The van der Waals surface area contributed by atoms with E-state index >= 15 is 0 Å². The minimum atomic E-state index is -1.22. The third-order valence-electron chi connectivity index (χ3n) is 5.32. The molecular formula is C26H40N4O8. The number of nitrogens with one attached hydrogen (secondary N) is 2. The molecule has 0 aromatic heterocycles. The number of nitrogens with two attached hydrogens (primary N) is 1. The Morgan fingerprint density at radius 3 is 2.29 bits per heavy atom. The highest BCUT2D eigenvalue weighted by Crippen LogP contribution is 2.27. The molecule has 212 valence electrons. The number of primary amides is 1. The van der Waals surface area contributed by atoms with Gasteiger partial charge in [-0.15, -0.1) is 0 Å². The number of phenols is 1. The van der Waals surface area contributed by atoms with Gasteiger partial charge in [0.25, 0.3) is 0 Å². The normalized spacial score (nSPS) is 12.6. The fourth-order valence-electron chi connectivity index (χ4n) is 3.60. The summed E-state index contributed by atoms with van der Waals surface area (Å²) in [5, 5.41) is 15.1. The maximum atomic E-state index is 13.7. The number of hydrogen-bond donors (Lipinski definition) is 4. The number of rotatable bonds is 13. The van der Waals surface area contributed by atoms with Crippen LogP contribution in [0.25, 0.3) is 0 Å². The van der Waals surface area contributed by atoms with Crippen LogP contribution >= 0.6 is 0 Å². The van der Waals surface area contributed by atoms with Crippen molar-refractivity contribution in [2.24, 2.45) is 5.73 Å². The molecule has 0 saturated heterocycles. The average molecular weight is 537 g/mol. The van der Waals surface area contributed by atoms with Gasteiger partial charge < -0.3 is 35.8 Å². The summed E-state index contributed by atoms with van der Waals surface area (Å²) in [6, 6.07) is 2.09. The number of benzene rings is 1. The second-order valence-corrected chi connectivity index (χ2v) is 9.62. The maximum absolute atomic E-state index is 13.7. The van der Waals surface area contributed by atoms with Gasteiger partial charge in [0.15, 0.2) is 0 Å². The molecule has 2 atom stereocenters. The molecule has 0 aliphatic rings. The van der Waals surface area contributed by atoms with E-state index in [4.69, 9.17) is 15.2 Å². The number of nitrogens with zero attached hydrogens (tertiary/aromatic N) is 1. The van der Waals surface area contributed by atoms with E-state index < -0.39 is 47.5 Å². The first-order chi connectivity index (χ1) is 17.7. The summed E-state index contributed by atoms with van der Waals surface area (Å²) >= 11 is 0. The Bertz CT molecular complexity index is 1010. The van der Waals surface area contributed by atoms with Crippen molar-refractivity contribution < 1.29 is 38.6 Å². The van der Waals surface area contributed by atoms with Gasteiger partial charge in [0, 0.05) is 19.5 Å². The van der Waals surface area contributed by atoms with E-state index in [2.05, 4.69) is 10.6 Å². The largest absolute Gasteiger partial charge is 0.508 e. The monoisotopic (exact) mass is 536 g/mol. The molecule has 0 radical (unpaired) electrons. The van der Waals surface area contributed by atoms with Crippen molar-refractivity contribution in [3.63, 3.8) is 0 Å². The van der Waals surface area contributed by atoms with Crippen LogP contribution in [-0.2, 0) is 28.7 Å². The summed E-state index contributed by atoms with van der Waals surface area (Å²) in [7, 11) is 0. The number of carbonyl (C=O) groups is 5. The molecule has 38 heavy (non-hydrogen) atoms. The first kappa shape index (κ1) is 32.2. The molecule has 1 aromatic rings. The first-order valence-corrected chi connectivity index (χ1v) is 12.5. The fourth-order valence-corrected chi connectivity index (χ4v) is 3.60. The summed E-state index contributed by atoms with van der Waals surface area (Å²) in [6.45, 7) is 10.2. The SMILES string of the molecule is CCOC(=O)CCNC(=O)C(c1ccc(O)c(C)c1)N(CC)C(=O)C(CCC(N)=O)NC(=O)OC(C)(C)C. The molecule has 5 N–H and O–H groups in total. The van der Waals surface area contributed by atoms with Gasteiger partial charge in [0.05, 0.1) is 13.0 Å². The van der Waals surface area contributed by atoms with E-state index in [9.17, 15) is 29.1 Å². The van der Waals surface area contributed by atoms with Crippen molar-refractivity contribution in [3.05, 3.63) is 29.3 Å². The Hall–Kier alpha value is -3.83. The summed E-state index contributed by atoms with van der Waals surface area (Å²) in [5.74, 6) is -2.37. The molecule has 1 aromatic carbocycles. The standard InChI is InChI=1S/C26H40N4O8/c1-7-30(24(35)18(10-12-20(27)32)29-25(36)38-26(4,5)6)22(17-9-11-19(31)16(3)15-17)23(34)28-14-13-21(33)37-8-2/h9,11,15,18,22,31H,7-8,10,12-14H2,1-6H3,(H2,27,32)(H,28,34)(H,29,36). The average Bonchev–Trinajstić information content (AvgIpc) is 2.80. The van der Waals surface area contributed by atoms with Crippen LogP contribution in [0.1, 0.15) is 71.0 Å². The third kappa shape index (κ3) is 10.7. The van der Waals surface area contributed by atoms with Gasteiger partial charge in [0.1, 0.15) is 23.4 Å². The number of amides is 4. The molecule has 2 unspecified atom stereocenters. The quantitative estimate of drug-likeness (QED) is 0.276. The molecule has 0 aliphatic carbocycles. The highest BCUT2D eigenvalue weighted by atomic mass is 16.6. The Morgan fingerprint density at radius 2 is 1.76 bits per heavy atom. The Kier molecular flexibility index (Phi) is 12.5. The minimum absolute atomic E-state index is 0.00974. The molecule has 0 heterocycles. The summed E-state index contributed by atoms with van der Waals surface area (Å²) in [6.07, 6.45) is -1.25. The molecule has 4 amide bonds. The second-order valence-electron chi connectivity index (χ2n) is 9.62. The third-order valence-corrected chi connectivity index (χ3v) is 5.32. The number of aromatic hydroxyl groups is 1. The van der Waals surface area contributed by atoms with Crippen molar-refractivity contribution in [2.75, 3.05) is 19.7 Å². The number of esters is 1. The number of carbonyl (C=O) groups excluding carboxylic acids is 5. The Balaban J connectivity index is 3.35. The molecule has 0 saturated carbocycles. The number of phenolic OH excluding ortho intramolecular Hbond substituents is 1. The van der Waals surface area contributed by atoms with Gasteiger partial charge in [-0.2, -0.15) is 0 Å². The van der Waals surface area contributed by atoms with Gasteiger partial charge >= 0.3 is 12.1 Å². The first-order valence-electron chi connectivity index (χ1n) is 12.5. The van der Waals surface area contributed by atoms with Gasteiger partial charge in [-0.25, -0.2) is 4.79 Å². The Labute approximate surface area is 223 Å². The Morgan fingerprint density at radius 1 is 1.11 bits per heavy atom. The molecule has 12 heteroatoms. The van der Waals surface area contributed by atoms with Gasteiger partial charge in [-0.3, -0.25) is 19.2 Å². The molecule has 0 aliphatic heterocycles. The van der Waals surface area contributed by atoms with Crippen LogP contribution in [0.5, 0.6) is 5.75 Å². The van der Waals surface area contributed by atoms with Crippen molar-refractivity contribution in [2.45, 2.75) is 78.5 Å². The zero-order valence-electron chi connectivity index (χ0n) is 23.0. The molecule has 1 rings (SSSR count). The lowest BCUT2D eigenvalue weighted by atomic mass is 9.99. The van der Waals surface area contributed by atoms with Crippen molar-refractivity contribution in [3.8, 4) is 5.75 Å². The number of ether oxygens (including phenoxy) is 2. The topological polar surface area (TPSA) is 177 Å². The van der Waals surface area contributed by atoms with E-state index in [1.165, 1.54) is 17.0 Å². The van der Waals surface area contributed by atoms with Crippen molar-refractivity contribution in [1.82, 2.24) is 15.5 Å². The van der Waals surface area contributed by atoms with E-state index in [1.807, 2.05) is 0 Å². The lowest BCUT2D eigenvalue weighted by Gasteiger charge is -2.34. The predicted octanol–water partition coefficient (Wildman–Crippen LogP) is 1.82. The lowest BCUT2D eigenvalue weighted by molar-refractivity contribution is -0.144. The molecule has 0 spiro atoms. The zero-order chi connectivity index (χ0) is 29.0. The van der Waals surface area contributed by atoms with Crippen LogP contribution in [0.15, 0.2) is 18.2 Å². The van der Waals surface area contributed by atoms with Crippen LogP contribution in [0.2, 0.25) is 0 Å². The van der Waals surface area contributed by atoms with Gasteiger partial charge in [0.2, 0.25) is 17.7 Å². The number of aryl methyl sites for hydroxylation is 1. The summed E-state index contributed by atoms with van der Waals surface area (Å²) in [5.41, 5.74) is 5.32. The highest BCUT2D eigenvalue weighted by Gasteiger charge is 2.35. The maximum Gasteiger partial charge on any atom is 0.408 e. The van der Waals surface area contributed by atoms with Gasteiger partial charge in [-0.05, 0) is 71.2 Å². The minimum Gasteiger partial charge on any atom is -0.508 e. The molecule has 0 bridgehead atoms. The van der Waals surface area contributed by atoms with Crippen LogP contribution < -0.4 is 16.4 Å². The van der Waals surface area contributed by atoms with Gasteiger partial charge in [-0.1, -0.05) is 6.07 Å². The van der Waals surface area contributed by atoms with E-state index in [-0.39, 0.29) is 44.7 Å². The van der Waals surface area contributed by atoms with E-state index in [0.717, 1.165) is 0 Å². The number of hydrogen-bond acceptors (Lipinski definition) is 8. The van der Waals surface area contributed by atoms with Crippen LogP contribution in [-0.4, -0.2) is 71.1 Å². The molecule has 12 nitrogen and oxygen atoms in total. The highest BCUT2D eigenvalue weighted by molar-refractivity contribution is 5.92. The van der Waals surface area contributed by atoms with E-state index in [1.54, 1.807) is 47.6 Å². The van der Waals surface area contributed by atoms with Crippen LogP contribution in [0, 0.1) is 6.92 Å². The summed E-state index contributed by atoms with van der Waals surface area (Å²) < 4.78 is 10.1. The van der Waals surface area contributed by atoms with E-state index in [0.29, 0.717) is 11.1 Å². The predicted molar refractivity (Wildman–Crippen MR) is 139 cm³/mol. The molecular weight excluding hydrogens is 496 g/mol. The number of alkyl carbamates (subject to hydrolysis) is 1.